The van der Waals surface area contributed by atoms with Crippen molar-refractivity contribution in [2.24, 2.45) is 0 Å². The molecule has 0 radical (unpaired) electrons. The second-order valence-electron chi connectivity index (χ2n) is 5.63. The highest BCUT2D eigenvalue weighted by Gasteiger charge is 2.35. The van der Waals surface area contributed by atoms with E-state index in [1.165, 1.54) is 44.7 Å². The third-order valence-electron chi connectivity index (χ3n) is 4.25. The van der Waals surface area contributed by atoms with Crippen LogP contribution in [0.4, 0.5) is 0 Å². The molecule has 0 saturated carbocycles. The quantitative estimate of drug-likeness (QED) is 0.886. The lowest BCUT2D eigenvalue weighted by atomic mass is 9.82. The zero-order valence-corrected chi connectivity index (χ0v) is 14.2. The van der Waals surface area contributed by atoms with Crippen molar-refractivity contribution in [3.63, 3.8) is 0 Å². The average Bonchev–Trinajstić information content (AvgIpc) is 3.13. The molecule has 1 aromatic heterocycles. The molecule has 1 aliphatic carbocycles. The number of methoxy groups -OCH3 is 3. The summed E-state index contributed by atoms with van der Waals surface area (Å²) in [6, 6.07) is 3.02. The highest BCUT2D eigenvalue weighted by Crippen LogP contribution is 2.45. The van der Waals surface area contributed by atoms with Crippen LogP contribution in [0.2, 0.25) is 0 Å². The fraction of sp³-hybridized carbons (Fsp3) is 0.353. The van der Waals surface area contributed by atoms with E-state index in [1.54, 1.807) is 12.1 Å². The molecule has 132 valence electrons. The monoisotopic (exact) mass is 345 g/mol. The molecule has 0 amide bonds. The zero-order valence-electron chi connectivity index (χ0n) is 14.2. The predicted octanol–water partition coefficient (Wildman–Crippen LogP) is 2.04. The van der Waals surface area contributed by atoms with Gasteiger partial charge in [0, 0.05) is 18.4 Å². The van der Waals surface area contributed by atoms with E-state index in [0.29, 0.717) is 17.2 Å². The molecule has 1 heterocycles. The highest BCUT2D eigenvalue weighted by molar-refractivity contribution is 5.92. The topological polar surface area (TPSA) is 95.7 Å². The fourth-order valence-electron chi connectivity index (χ4n) is 3.14. The minimum Gasteiger partial charge on any atom is -0.510 e. The number of rotatable bonds is 5. The van der Waals surface area contributed by atoms with Crippen LogP contribution >= 0.6 is 0 Å². The maximum Gasteiger partial charge on any atom is 0.203 e. The van der Waals surface area contributed by atoms with Crippen molar-refractivity contribution < 1.29 is 24.1 Å². The van der Waals surface area contributed by atoms with Gasteiger partial charge in [0.05, 0.1) is 21.3 Å². The van der Waals surface area contributed by atoms with Crippen LogP contribution in [-0.4, -0.2) is 47.0 Å². The van der Waals surface area contributed by atoms with E-state index in [4.69, 9.17) is 14.2 Å². The van der Waals surface area contributed by atoms with Crippen molar-refractivity contribution in [1.82, 2.24) is 14.8 Å². The Labute approximate surface area is 144 Å². The molecule has 0 bridgehead atoms. The van der Waals surface area contributed by atoms with Crippen LogP contribution in [0, 0.1) is 0 Å². The van der Waals surface area contributed by atoms with Gasteiger partial charge in [-0.15, -0.1) is 0 Å². The van der Waals surface area contributed by atoms with Crippen molar-refractivity contribution in [3.8, 4) is 17.2 Å². The van der Waals surface area contributed by atoms with Crippen LogP contribution in [-0.2, 0) is 4.79 Å². The smallest absolute Gasteiger partial charge is 0.203 e. The summed E-state index contributed by atoms with van der Waals surface area (Å²) >= 11 is 0. The Morgan fingerprint density at radius 3 is 2.36 bits per heavy atom. The van der Waals surface area contributed by atoms with Crippen LogP contribution in [0.1, 0.15) is 23.9 Å². The van der Waals surface area contributed by atoms with E-state index >= 15 is 0 Å². The van der Waals surface area contributed by atoms with Gasteiger partial charge in [-0.1, -0.05) is 0 Å². The van der Waals surface area contributed by atoms with Crippen molar-refractivity contribution in [2.45, 2.75) is 18.4 Å². The van der Waals surface area contributed by atoms with E-state index in [9.17, 15) is 9.90 Å². The Morgan fingerprint density at radius 1 is 1.16 bits per heavy atom. The second-order valence-corrected chi connectivity index (χ2v) is 5.63. The van der Waals surface area contributed by atoms with E-state index < -0.39 is 6.04 Å². The molecular formula is C17H19N3O5. The van der Waals surface area contributed by atoms with Gasteiger partial charge in [-0.2, -0.15) is 5.10 Å². The minimum atomic E-state index is -0.539. The normalized spacial score (nSPS) is 20.1. The number of hydrogen-bond acceptors (Lipinski definition) is 7. The summed E-state index contributed by atoms with van der Waals surface area (Å²) in [5, 5.41) is 14.5. The average molecular weight is 345 g/mol. The van der Waals surface area contributed by atoms with Crippen LogP contribution in [0.3, 0.4) is 0 Å². The highest BCUT2D eigenvalue weighted by atomic mass is 16.5. The van der Waals surface area contributed by atoms with Crippen LogP contribution in [0.5, 0.6) is 17.2 Å². The lowest BCUT2D eigenvalue weighted by molar-refractivity contribution is -0.116. The van der Waals surface area contributed by atoms with Gasteiger partial charge in [0.15, 0.2) is 17.3 Å². The molecule has 25 heavy (non-hydrogen) atoms. The number of aromatic nitrogens is 3. The van der Waals surface area contributed by atoms with Crippen molar-refractivity contribution in [2.75, 3.05) is 21.3 Å². The molecule has 2 aromatic rings. The predicted molar refractivity (Wildman–Crippen MR) is 88.2 cm³/mol. The Morgan fingerprint density at radius 2 is 1.84 bits per heavy atom. The number of ether oxygens (including phenoxy) is 3. The lowest BCUT2D eigenvalue weighted by Crippen LogP contribution is -2.27. The Bertz CT molecular complexity index is 776. The number of hydrogen-bond donors (Lipinski definition) is 1. The third kappa shape index (κ3) is 3.02. The maximum absolute atomic E-state index is 12.0. The van der Waals surface area contributed by atoms with Gasteiger partial charge in [0.1, 0.15) is 24.5 Å². The molecule has 8 nitrogen and oxygen atoms in total. The summed E-state index contributed by atoms with van der Waals surface area (Å²) in [5.74, 6) is 0.861. The Balaban J connectivity index is 2.12. The molecule has 0 spiro atoms. The molecule has 2 atom stereocenters. The number of benzene rings is 1. The minimum absolute atomic E-state index is 0.0551. The largest absolute Gasteiger partial charge is 0.510 e. The molecule has 0 fully saturated rings. The van der Waals surface area contributed by atoms with E-state index in [2.05, 4.69) is 10.1 Å². The number of carbonyl (C=O) groups excluding carboxylic acids is 1. The van der Waals surface area contributed by atoms with Gasteiger partial charge in [-0.25, -0.2) is 9.67 Å². The molecule has 1 aromatic carbocycles. The van der Waals surface area contributed by atoms with Crippen LogP contribution < -0.4 is 14.2 Å². The van der Waals surface area contributed by atoms with E-state index in [1.807, 2.05) is 0 Å². The molecule has 0 saturated heterocycles. The molecule has 1 N–H and O–H groups in total. The summed E-state index contributed by atoms with van der Waals surface area (Å²) in [4.78, 5) is 16.0. The molecular weight excluding hydrogens is 326 g/mol. The number of ketones is 1. The van der Waals surface area contributed by atoms with Crippen molar-refractivity contribution in [3.05, 3.63) is 42.2 Å². The van der Waals surface area contributed by atoms with Crippen LogP contribution in [0.15, 0.2) is 36.6 Å². The number of aliphatic hydroxyl groups excluding tert-OH is 1. The molecule has 3 rings (SSSR count). The van der Waals surface area contributed by atoms with E-state index in [-0.39, 0.29) is 23.9 Å². The first kappa shape index (κ1) is 16.8. The molecule has 0 aliphatic heterocycles. The van der Waals surface area contributed by atoms with Gasteiger partial charge >= 0.3 is 0 Å². The summed E-state index contributed by atoms with van der Waals surface area (Å²) in [6.07, 6.45) is 4.35. The number of aliphatic hydroxyl groups is 1. The SMILES string of the molecule is COc1cc([C@@H]2CC(=O)C=C(O)[C@@H]2n2cncn2)cc(OC)c1OC. The van der Waals surface area contributed by atoms with Gasteiger partial charge in [-0.05, 0) is 17.7 Å². The second kappa shape index (κ2) is 6.84. The first-order valence-electron chi connectivity index (χ1n) is 7.66. The zero-order chi connectivity index (χ0) is 18.0. The Kier molecular flexibility index (Phi) is 4.60. The fourth-order valence-corrected chi connectivity index (χ4v) is 3.14. The van der Waals surface area contributed by atoms with Gasteiger partial charge < -0.3 is 19.3 Å². The summed E-state index contributed by atoms with van der Waals surface area (Å²) in [6.45, 7) is 0. The number of carbonyl (C=O) groups is 1. The first-order chi connectivity index (χ1) is 12.1. The molecule has 0 unspecified atom stereocenters. The summed E-state index contributed by atoms with van der Waals surface area (Å²) in [7, 11) is 4.58. The number of allylic oxidation sites excluding steroid dienone is 2. The van der Waals surface area contributed by atoms with Gasteiger partial charge in [-0.3, -0.25) is 4.79 Å². The Hall–Kier alpha value is -3.03. The lowest BCUT2D eigenvalue weighted by Gasteiger charge is -2.30. The van der Waals surface area contributed by atoms with Gasteiger partial charge in [0.2, 0.25) is 5.75 Å². The van der Waals surface area contributed by atoms with Gasteiger partial charge in [0.25, 0.3) is 0 Å². The summed E-state index contributed by atoms with van der Waals surface area (Å²) in [5.41, 5.74) is 0.767. The van der Waals surface area contributed by atoms with Crippen molar-refractivity contribution in [1.29, 1.82) is 0 Å². The molecule has 8 heteroatoms. The van der Waals surface area contributed by atoms with Crippen LogP contribution in [0.25, 0.3) is 0 Å². The standard InChI is InChI=1S/C17H19N3O5/c1-23-14-4-10(5-15(24-2)17(14)25-3)12-6-11(21)7-13(22)16(12)20-9-18-8-19-20/h4-5,7-9,12,16,22H,6H2,1-3H3/t12-,16+/m0/s1. The first-order valence-corrected chi connectivity index (χ1v) is 7.66. The molecule has 1 aliphatic rings. The maximum atomic E-state index is 12.0. The van der Waals surface area contributed by atoms with E-state index in [0.717, 1.165) is 5.56 Å². The van der Waals surface area contributed by atoms with Crippen molar-refractivity contribution >= 4 is 5.78 Å². The number of nitrogens with zero attached hydrogens (tertiary/aromatic N) is 3. The third-order valence-corrected chi connectivity index (χ3v) is 4.25. The summed E-state index contributed by atoms with van der Waals surface area (Å²) < 4.78 is 17.6.